The van der Waals surface area contributed by atoms with Gasteiger partial charge in [0.2, 0.25) is 0 Å². The fourth-order valence-electron chi connectivity index (χ4n) is 1.59. The Kier molecular flexibility index (Phi) is 4.12. The van der Waals surface area contributed by atoms with Crippen LogP contribution in [0.15, 0.2) is 42.5 Å². The smallest absolute Gasteiger partial charge is 0.148 e. The molecule has 0 saturated heterocycles. The van der Waals surface area contributed by atoms with E-state index in [4.69, 9.17) is 5.73 Å². The summed E-state index contributed by atoms with van der Waals surface area (Å²) < 4.78 is 0. The number of benzene rings is 1. The van der Waals surface area contributed by atoms with E-state index in [0.29, 0.717) is 6.54 Å². The minimum absolute atomic E-state index is 0.0553. The van der Waals surface area contributed by atoms with Gasteiger partial charge in [-0.25, -0.2) is 0 Å². The highest BCUT2D eigenvalue weighted by molar-refractivity contribution is 5.59. The van der Waals surface area contributed by atoms with E-state index < -0.39 is 0 Å². The van der Waals surface area contributed by atoms with Gasteiger partial charge in [-0.05, 0) is 24.1 Å². The van der Waals surface area contributed by atoms with Gasteiger partial charge in [0.15, 0.2) is 0 Å². The molecule has 0 unspecified atom stereocenters. The molecule has 0 bridgehead atoms. The van der Waals surface area contributed by atoms with Crippen LogP contribution < -0.4 is 11.1 Å². The predicted molar refractivity (Wildman–Crippen MR) is 78.8 cm³/mol. The third-order valence-electron chi connectivity index (χ3n) is 3.03. The Bertz CT molecular complexity index is 505. The Morgan fingerprint density at radius 3 is 2.37 bits per heavy atom. The number of aromatic nitrogens is 2. The number of hydrogen-bond donors (Lipinski definition) is 2. The van der Waals surface area contributed by atoms with Gasteiger partial charge in [-0.2, -0.15) is 0 Å². The standard InChI is InChI=1S/C15H20N4/c1-15(2,10-16)11-17-14-9-8-13(18-19-14)12-6-4-3-5-7-12/h3-9H,10-11,16H2,1-2H3,(H,17,19). The number of rotatable bonds is 5. The van der Waals surface area contributed by atoms with Gasteiger partial charge >= 0.3 is 0 Å². The van der Waals surface area contributed by atoms with Crippen LogP contribution in [-0.4, -0.2) is 23.3 Å². The lowest BCUT2D eigenvalue weighted by Crippen LogP contribution is -2.31. The molecule has 4 heteroatoms. The topological polar surface area (TPSA) is 63.8 Å². The van der Waals surface area contributed by atoms with E-state index in [0.717, 1.165) is 23.6 Å². The van der Waals surface area contributed by atoms with Crippen LogP contribution in [-0.2, 0) is 0 Å². The molecule has 1 aromatic heterocycles. The molecule has 100 valence electrons. The van der Waals surface area contributed by atoms with Crippen molar-refractivity contribution < 1.29 is 0 Å². The van der Waals surface area contributed by atoms with Gasteiger partial charge in [0.1, 0.15) is 5.82 Å². The number of nitrogens with zero attached hydrogens (tertiary/aromatic N) is 2. The van der Waals surface area contributed by atoms with E-state index in [9.17, 15) is 0 Å². The first-order valence-electron chi connectivity index (χ1n) is 6.44. The Labute approximate surface area is 114 Å². The third-order valence-corrected chi connectivity index (χ3v) is 3.03. The van der Waals surface area contributed by atoms with Crippen molar-refractivity contribution >= 4 is 5.82 Å². The molecule has 0 aliphatic rings. The first-order chi connectivity index (χ1) is 9.11. The Morgan fingerprint density at radius 1 is 1.05 bits per heavy atom. The van der Waals surface area contributed by atoms with E-state index in [1.807, 2.05) is 42.5 Å². The van der Waals surface area contributed by atoms with E-state index in [1.54, 1.807) is 0 Å². The Hall–Kier alpha value is -1.94. The van der Waals surface area contributed by atoms with Crippen molar-refractivity contribution in [2.75, 3.05) is 18.4 Å². The molecule has 0 saturated carbocycles. The van der Waals surface area contributed by atoms with Gasteiger partial charge < -0.3 is 11.1 Å². The summed E-state index contributed by atoms with van der Waals surface area (Å²) in [6.07, 6.45) is 0. The summed E-state index contributed by atoms with van der Waals surface area (Å²) in [6.45, 7) is 5.65. The van der Waals surface area contributed by atoms with E-state index >= 15 is 0 Å². The summed E-state index contributed by atoms with van der Waals surface area (Å²) in [6, 6.07) is 13.9. The maximum absolute atomic E-state index is 5.69. The lowest BCUT2D eigenvalue weighted by Gasteiger charge is -2.22. The minimum Gasteiger partial charge on any atom is -0.368 e. The van der Waals surface area contributed by atoms with Crippen LogP contribution >= 0.6 is 0 Å². The highest BCUT2D eigenvalue weighted by Crippen LogP contribution is 2.17. The second-order valence-corrected chi connectivity index (χ2v) is 5.39. The molecular weight excluding hydrogens is 236 g/mol. The molecule has 19 heavy (non-hydrogen) atoms. The summed E-state index contributed by atoms with van der Waals surface area (Å²) in [5, 5.41) is 11.7. The number of nitrogens with two attached hydrogens (primary N) is 1. The van der Waals surface area contributed by atoms with Crippen molar-refractivity contribution in [3.8, 4) is 11.3 Å². The average molecular weight is 256 g/mol. The molecule has 0 aliphatic carbocycles. The largest absolute Gasteiger partial charge is 0.368 e. The molecule has 0 aliphatic heterocycles. The van der Waals surface area contributed by atoms with Crippen LogP contribution in [0.3, 0.4) is 0 Å². The lowest BCUT2D eigenvalue weighted by atomic mass is 9.94. The van der Waals surface area contributed by atoms with Crippen molar-refractivity contribution in [3.63, 3.8) is 0 Å². The zero-order valence-corrected chi connectivity index (χ0v) is 11.4. The van der Waals surface area contributed by atoms with Crippen LogP contribution in [0.25, 0.3) is 11.3 Å². The first-order valence-corrected chi connectivity index (χ1v) is 6.44. The minimum atomic E-state index is 0.0553. The fraction of sp³-hybridized carbons (Fsp3) is 0.333. The van der Waals surface area contributed by atoms with Crippen LogP contribution in [0.2, 0.25) is 0 Å². The highest BCUT2D eigenvalue weighted by Gasteiger charge is 2.15. The van der Waals surface area contributed by atoms with Crippen LogP contribution in [0.4, 0.5) is 5.82 Å². The predicted octanol–water partition coefficient (Wildman–Crippen LogP) is 2.54. The third kappa shape index (κ3) is 3.76. The number of anilines is 1. The Morgan fingerprint density at radius 2 is 1.79 bits per heavy atom. The zero-order valence-electron chi connectivity index (χ0n) is 11.4. The zero-order chi connectivity index (χ0) is 13.7. The summed E-state index contributed by atoms with van der Waals surface area (Å²) in [5.74, 6) is 0.779. The molecule has 0 atom stereocenters. The second kappa shape index (κ2) is 5.80. The molecule has 3 N–H and O–H groups in total. The van der Waals surface area contributed by atoms with Crippen molar-refractivity contribution in [1.82, 2.24) is 10.2 Å². The van der Waals surface area contributed by atoms with Gasteiger partial charge in [0.25, 0.3) is 0 Å². The lowest BCUT2D eigenvalue weighted by molar-refractivity contribution is 0.405. The molecule has 2 aromatic rings. The molecule has 0 fully saturated rings. The maximum Gasteiger partial charge on any atom is 0.148 e. The van der Waals surface area contributed by atoms with Crippen LogP contribution in [0.5, 0.6) is 0 Å². The molecule has 2 rings (SSSR count). The quantitative estimate of drug-likeness (QED) is 0.863. The normalized spacial score (nSPS) is 11.3. The molecule has 0 radical (unpaired) electrons. The van der Waals surface area contributed by atoms with E-state index in [2.05, 4.69) is 29.4 Å². The van der Waals surface area contributed by atoms with Gasteiger partial charge in [0, 0.05) is 12.1 Å². The molecule has 1 aromatic carbocycles. The van der Waals surface area contributed by atoms with Gasteiger partial charge in [0.05, 0.1) is 5.69 Å². The average Bonchev–Trinajstić information content (AvgIpc) is 2.47. The summed E-state index contributed by atoms with van der Waals surface area (Å²) in [4.78, 5) is 0. The van der Waals surface area contributed by atoms with Gasteiger partial charge in [-0.15, -0.1) is 10.2 Å². The summed E-state index contributed by atoms with van der Waals surface area (Å²) in [5.41, 5.74) is 7.70. The van der Waals surface area contributed by atoms with Gasteiger partial charge in [-0.1, -0.05) is 44.2 Å². The van der Waals surface area contributed by atoms with Crippen molar-refractivity contribution in [2.45, 2.75) is 13.8 Å². The highest BCUT2D eigenvalue weighted by atomic mass is 15.2. The maximum atomic E-state index is 5.69. The van der Waals surface area contributed by atoms with E-state index in [-0.39, 0.29) is 5.41 Å². The van der Waals surface area contributed by atoms with Crippen molar-refractivity contribution in [1.29, 1.82) is 0 Å². The van der Waals surface area contributed by atoms with E-state index in [1.165, 1.54) is 0 Å². The molecule has 4 nitrogen and oxygen atoms in total. The fourth-order valence-corrected chi connectivity index (χ4v) is 1.59. The van der Waals surface area contributed by atoms with Crippen molar-refractivity contribution in [2.24, 2.45) is 11.1 Å². The molecule has 0 amide bonds. The molecule has 0 spiro atoms. The van der Waals surface area contributed by atoms with Gasteiger partial charge in [-0.3, -0.25) is 0 Å². The summed E-state index contributed by atoms with van der Waals surface area (Å²) in [7, 11) is 0. The SMILES string of the molecule is CC(C)(CN)CNc1ccc(-c2ccccc2)nn1. The molecular formula is C15H20N4. The van der Waals surface area contributed by atoms with Crippen LogP contribution in [0, 0.1) is 5.41 Å². The summed E-state index contributed by atoms with van der Waals surface area (Å²) >= 11 is 0. The monoisotopic (exact) mass is 256 g/mol. The van der Waals surface area contributed by atoms with Crippen LogP contribution in [0.1, 0.15) is 13.8 Å². The second-order valence-electron chi connectivity index (χ2n) is 5.39. The number of nitrogens with one attached hydrogen (secondary N) is 1. The first kappa shape index (κ1) is 13.5. The Balaban J connectivity index is 2.03. The van der Waals surface area contributed by atoms with Crippen molar-refractivity contribution in [3.05, 3.63) is 42.5 Å². The number of hydrogen-bond acceptors (Lipinski definition) is 4. The molecule has 1 heterocycles.